The highest BCUT2D eigenvalue weighted by Gasteiger charge is 2.56. The minimum Gasteiger partial charge on any atom is -0.393 e. The van der Waals surface area contributed by atoms with E-state index in [2.05, 4.69) is 6.92 Å². The zero-order chi connectivity index (χ0) is 25.3. The van der Waals surface area contributed by atoms with Gasteiger partial charge in [-0.05, 0) is 90.7 Å². The Balaban J connectivity index is 1.59. The Bertz CT molecular complexity index is 1070. The molecule has 9 heteroatoms. The molecule has 0 aromatic heterocycles. The van der Waals surface area contributed by atoms with Gasteiger partial charge < -0.3 is 35.7 Å². The predicted octanol–water partition coefficient (Wildman–Crippen LogP) is 0.930. The number of anilines is 1. The Hall–Kier alpha value is -2.11. The SMILES string of the molecule is CC12CC(c3ccc(N(C(O)(O)O)C(O)(O)O)cc3)C3=C4CCC(=O)C=C4CCC3C1CCC2O. The molecule has 0 bridgehead atoms. The first kappa shape index (κ1) is 24.6. The lowest BCUT2D eigenvalue weighted by Gasteiger charge is -2.52. The van der Waals surface area contributed by atoms with Gasteiger partial charge in [0.15, 0.2) is 5.78 Å². The third-order valence-corrected chi connectivity index (χ3v) is 8.83. The Morgan fingerprint density at radius 2 is 1.57 bits per heavy atom. The van der Waals surface area contributed by atoms with E-state index in [0.717, 1.165) is 36.8 Å². The van der Waals surface area contributed by atoms with E-state index in [9.17, 15) is 40.5 Å². The highest BCUT2D eigenvalue weighted by atomic mass is 16.8. The Labute approximate surface area is 203 Å². The van der Waals surface area contributed by atoms with Crippen molar-refractivity contribution in [3.63, 3.8) is 0 Å². The molecule has 2 saturated carbocycles. The fourth-order valence-electron chi connectivity index (χ4n) is 7.33. The molecule has 5 rings (SSSR count). The zero-order valence-electron chi connectivity index (χ0n) is 19.6. The molecule has 4 aliphatic rings. The molecule has 9 nitrogen and oxygen atoms in total. The van der Waals surface area contributed by atoms with Crippen molar-refractivity contribution in [2.75, 3.05) is 4.90 Å². The average Bonchev–Trinajstić information content (AvgIpc) is 3.05. The van der Waals surface area contributed by atoms with E-state index in [1.54, 1.807) is 18.2 Å². The quantitative estimate of drug-likeness (QED) is 0.306. The molecule has 0 saturated heterocycles. The molecule has 5 atom stereocenters. The summed E-state index contributed by atoms with van der Waals surface area (Å²) in [6, 6.07) is 6.08. The van der Waals surface area contributed by atoms with Crippen LogP contribution in [0.25, 0.3) is 0 Å². The molecule has 0 amide bonds. The smallest absolute Gasteiger partial charge is 0.375 e. The number of aliphatic hydroxyl groups is 7. The van der Waals surface area contributed by atoms with Gasteiger partial charge in [0.1, 0.15) is 0 Å². The standard InChI is InChI=1S/C26H33NO8/c1-24-13-20(14-2-5-16(6-3-14)27(25(30,31)32)26(33,34)35)23-18-9-7-17(28)12-15(18)4-8-19(23)21(24)10-11-22(24)29/h2-3,5-6,12,19-22,29-35H,4,7-11,13H2,1H3. The normalized spacial score (nSPS) is 33.1. The first-order valence-corrected chi connectivity index (χ1v) is 12.2. The largest absolute Gasteiger partial charge is 0.393 e. The zero-order valence-corrected chi connectivity index (χ0v) is 19.6. The van der Waals surface area contributed by atoms with Crippen LogP contribution in [0.4, 0.5) is 5.69 Å². The summed E-state index contributed by atoms with van der Waals surface area (Å²) in [4.78, 5) is 12.0. The molecule has 7 N–H and O–H groups in total. The molecule has 0 heterocycles. The number of ketones is 1. The molecule has 1 aromatic carbocycles. The van der Waals surface area contributed by atoms with Crippen molar-refractivity contribution in [1.29, 1.82) is 0 Å². The lowest BCUT2D eigenvalue weighted by molar-refractivity contribution is -0.395. The van der Waals surface area contributed by atoms with E-state index in [-0.39, 0.29) is 27.7 Å². The fraction of sp³-hybridized carbons (Fsp3) is 0.577. The van der Waals surface area contributed by atoms with Crippen molar-refractivity contribution in [2.24, 2.45) is 17.3 Å². The van der Waals surface area contributed by atoms with Gasteiger partial charge in [-0.2, -0.15) is 0 Å². The van der Waals surface area contributed by atoms with Gasteiger partial charge in [0, 0.05) is 12.3 Å². The minimum atomic E-state index is -3.73. The van der Waals surface area contributed by atoms with Crippen LogP contribution in [0.1, 0.15) is 63.4 Å². The van der Waals surface area contributed by atoms with Crippen molar-refractivity contribution in [3.05, 3.63) is 52.6 Å². The second kappa shape index (κ2) is 8.21. The first-order chi connectivity index (χ1) is 16.3. The molecule has 5 unspecified atom stereocenters. The number of hydrogen-bond donors (Lipinski definition) is 7. The van der Waals surface area contributed by atoms with Gasteiger partial charge in [0.25, 0.3) is 0 Å². The van der Waals surface area contributed by atoms with Crippen molar-refractivity contribution < 1.29 is 40.5 Å². The van der Waals surface area contributed by atoms with E-state index in [1.807, 2.05) is 0 Å². The van der Waals surface area contributed by atoms with Crippen molar-refractivity contribution >= 4 is 11.5 Å². The number of aliphatic hydroxyl groups excluding tert-OH is 1. The summed E-state index contributed by atoms with van der Waals surface area (Å²) < 4.78 is 0. The second-order valence-electron chi connectivity index (χ2n) is 10.8. The summed E-state index contributed by atoms with van der Waals surface area (Å²) in [6.07, 6.45) is -0.665. The Morgan fingerprint density at radius 3 is 2.20 bits per heavy atom. The second-order valence-corrected chi connectivity index (χ2v) is 10.8. The third-order valence-electron chi connectivity index (χ3n) is 8.83. The topological polar surface area (TPSA) is 162 Å². The van der Waals surface area contributed by atoms with Gasteiger partial charge >= 0.3 is 12.2 Å². The molecular weight excluding hydrogens is 454 g/mol. The number of carbonyl (C=O) groups excluding carboxylic acids is 1. The first-order valence-electron chi connectivity index (χ1n) is 12.2. The van der Waals surface area contributed by atoms with Crippen molar-refractivity contribution in [2.45, 2.75) is 76.1 Å². The number of hydrogen-bond acceptors (Lipinski definition) is 9. The maximum atomic E-state index is 12.1. The van der Waals surface area contributed by atoms with Gasteiger partial charge in [-0.1, -0.05) is 24.6 Å². The molecule has 0 aliphatic heterocycles. The van der Waals surface area contributed by atoms with Crippen molar-refractivity contribution in [3.8, 4) is 0 Å². The molecule has 1 aromatic rings. The fourth-order valence-corrected chi connectivity index (χ4v) is 7.33. The van der Waals surface area contributed by atoms with E-state index < -0.39 is 18.3 Å². The van der Waals surface area contributed by atoms with Gasteiger partial charge in [-0.15, -0.1) is 0 Å². The maximum Gasteiger partial charge on any atom is 0.375 e. The summed E-state index contributed by atoms with van der Waals surface area (Å²) >= 11 is 0. The monoisotopic (exact) mass is 487 g/mol. The van der Waals surface area contributed by atoms with Crippen LogP contribution in [0.3, 0.4) is 0 Å². The van der Waals surface area contributed by atoms with Crippen LogP contribution in [0.2, 0.25) is 0 Å². The van der Waals surface area contributed by atoms with E-state index in [1.165, 1.54) is 23.3 Å². The highest BCUT2D eigenvalue weighted by Crippen LogP contribution is 2.63. The van der Waals surface area contributed by atoms with Crippen LogP contribution in [0.15, 0.2) is 47.1 Å². The van der Waals surface area contributed by atoms with E-state index >= 15 is 0 Å². The Kier molecular flexibility index (Phi) is 5.76. The van der Waals surface area contributed by atoms with E-state index in [0.29, 0.717) is 31.1 Å². The van der Waals surface area contributed by atoms with Gasteiger partial charge in [-0.25, -0.2) is 4.90 Å². The molecule has 190 valence electrons. The van der Waals surface area contributed by atoms with Crippen LogP contribution < -0.4 is 4.90 Å². The third kappa shape index (κ3) is 4.05. The summed E-state index contributed by atoms with van der Waals surface area (Å²) in [5.74, 6) is 0.768. The molecule has 0 radical (unpaired) electrons. The number of allylic oxidation sites excluding steroid dienone is 4. The lowest BCUT2D eigenvalue weighted by Crippen LogP contribution is -2.62. The van der Waals surface area contributed by atoms with Gasteiger partial charge in [-0.3, -0.25) is 4.79 Å². The number of benzene rings is 1. The lowest BCUT2D eigenvalue weighted by atomic mass is 9.53. The average molecular weight is 488 g/mol. The summed E-state index contributed by atoms with van der Waals surface area (Å²) in [7, 11) is 0. The number of carbonyl (C=O) groups is 1. The van der Waals surface area contributed by atoms with Crippen molar-refractivity contribution in [1.82, 2.24) is 0 Å². The molecule has 35 heavy (non-hydrogen) atoms. The highest BCUT2D eigenvalue weighted by molar-refractivity contribution is 5.93. The summed E-state index contributed by atoms with van der Waals surface area (Å²) in [6.45, 7) is 2.16. The number of fused-ring (bicyclic) bond motifs is 4. The van der Waals surface area contributed by atoms with Gasteiger partial charge in [0.2, 0.25) is 0 Å². The number of nitrogens with zero attached hydrogens (tertiary/aromatic N) is 1. The predicted molar refractivity (Wildman–Crippen MR) is 124 cm³/mol. The van der Waals surface area contributed by atoms with Crippen LogP contribution in [-0.2, 0) is 4.79 Å². The minimum absolute atomic E-state index is 0.0484. The molecule has 0 spiro atoms. The van der Waals surface area contributed by atoms with Crippen LogP contribution in [-0.4, -0.2) is 59.8 Å². The van der Waals surface area contributed by atoms with E-state index in [4.69, 9.17) is 0 Å². The van der Waals surface area contributed by atoms with Crippen LogP contribution >= 0.6 is 0 Å². The van der Waals surface area contributed by atoms with Gasteiger partial charge in [0.05, 0.1) is 11.8 Å². The van der Waals surface area contributed by atoms with Crippen LogP contribution in [0, 0.1) is 17.3 Å². The molecule has 4 aliphatic carbocycles. The number of rotatable bonds is 4. The van der Waals surface area contributed by atoms with Crippen LogP contribution in [0.5, 0.6) is 0 Å². The Morgan fingerprint density at radius 1 is 0.914 bits per heavy atom. The summed E-state index contributed by atoms with van der Waals surface area (Å²) in [5.41, 5.74) is 4.06. The molecular formula is C26H33NO8. The summed E-state index contributed by atoms with van der Waals surface area (Å²) in [5, 5.41) is 68.2. The molecule has 2 fully saturated rings. The maximum absolute atomic E-state index is 12.1.